The second kappa shape index (κ2) is 5.46. The fourth-order valence-corrected chi connectivity index (χ4v) is 1.52. The molecular weight excluding hydrogens is 212 g/mol. The fraction of sp³-hybridized carbons (Fsp3) is 0.214. The Balaban J connectivity index is 2.08. The number of benzene rings is 1. The summed E-state index contributed by atoms with van der Waals surface area (Å²) in [6.07, 6.45) is 2.67. The zero-order chi connectivity index (χ0) is 12.1. The largest absolute Gasteiger partial charge is 0.439 e. The van der Waals surface area contributed by atoms with Crippen molar-refractivity contribution in [3.05, 3.63) is 54.2 Å². The first-order valence-corrected chi connectivity index (χ1v) is 5.74. The summed E-state index contributed by atoms with van der Waals surface area (Å²) in [5, 5.41) is 0. The highest BCUT2D eigenvalue weighted by atomic mass is 16.5. The number of aromatic nitrogens is 1. The summed E-state index contributed by atoms with van der Waals surface area (Å²) >= 11 is 0. The van der Waals surface area contributed by atoms with Crippen molar-refractivity contribution in [2.45, 2.75) is 19.4 Å². The molecule has 0 radical (unpaired) electrons. The normalized spacial score (nSPS) is 12.1. The van der Waals surface area contributed by atoms with Crippen molar-refractivity contribution in [2.24, 2.45) is 5.73 Å². The molecule has 3 heteroatoms. The summed E-state index contributed by atoms with van der Waals surface area (Å²) < 4.78 is 5.59. The van der Waals surface area contributed by atoms with E-state index in [1.807, 2.05) is 42.5 Å². The minimum Gasteiger partial charge on any atom is -0.439 e. The zero-order valence-electron chi connectivity index (χ0n) is 9.84. The fourth-order valence-electron chi connectivity index (χ4n) is 1.52. The molecular formula is C14H16N2O. The topological polar surface area (TPSA) is 48.1 Å². The summed E-state index contributed by atoms with van der Waals surface area (Å²) in [6, 6.07) is 13.4. The van der Waals surface area contributed by atoms with E-state index < -0.39 is 0 Å². The Morgan fingerprint density at radius 3 is 2.53 bits per heavy atom. The van der Waals surface area contributed by atoms with Gasteiger partial charge in [0.15, 0.2) is 0 Å². The highest BCUT2D eigenvalue weighted by Gasteiger charge is 2.04. The molecule has 3 nitrogen and oxygen atoms in total. The first-order valence-electron chi connectivity index (χ1n) is 5.74. The molecule has 1 aromatic carbocycles. The van der Waals surface area contributed by atoms with E-state index in [9.17, 15) is 0 Å². The van der Waals surface area contributed by atoms with Gasteiger partial charge in [-0.25, -0.2) is 4.98 Å². The van der Waals surface area contributed by atoms with E-state index in [4.69, 9.17) is 10.5 Å². The average molecular weight is 228 g/mol. The summed E-state index contributed by atoms with van der Waals surface area (Å²) in [6.45, 7) is 2.05. The predicted molar refractivity (Wildman–Crippen MR) is 68.0 cm³/mol. The lowest BCUT2D eigenvalue weighted by molar-refractivity contribution is 0.462. The molecule has 0 aliphatic carbocycles. The maximum Gasteiger partial charge on any atom is 0.219 e. The van der Waals surface area contributed by atoms with Crippen LogP contribution in [0.5, 0.6) is 11.6 Å². The average Bonchev–Trinajstić information content (AvgIpc) is 2.40. The minimum absolute atomic E-state index is 0.0493. The molecule has 0 aliphatic heterocycles. The lowest BCUT2D eigenvalue weighted by Crippen LogP contribution is -2.08. The van der Waals surface area contributed by atoms with Crippen LogP contribution in [0.2, 0.25) is 0 Å². The van der Waals surface area contributed by atoms with Gasteiger partial charge in [-0.2, -0.15) is 0 Å². The van der Waals surface area contributed by atoms with Crippen LogP contribution in [-0.4, -0.2) is 4.98 Å². The van der Waals surface area contributed by atoms with Gasteiger partial charge in [0, 0.05) is 18.3 Å². The van der Waals surface area contributed by atoms with Gasteiger partial charge < -0.3 is 10.5 Å². The van der Waals surface area contributed by atoms with Crippen LogP contribution in [0.4, 0.5) is 0 Å². The van der Waals surface area contributed by atoms with Crippen LogP contribution < -0.4 is 10.5 Å². The molecule has 1 atom stereocenters. The van der Waals surface area contributed by atoms with Crippen molar-refractivity contribution >= 4 is 0 Å². The molecule has 0 fully saturated rings. The highest BCUT2D eigenvalue weighted by molar-refractivity contribution is 5.28. The van der Waals surface area contributed by atoms with Crippen molar-refractivity contribution in [3.63, 3.8) is 0 Å². The highest BCUT2D eigenvalue weighted by Crippen LogP contribution is 2.20. The Morgan fingerprint density at radius 2 is 1.94 bits per heavy atom. The molecule has 1 aromatic heterocycles. The molecule has 0 bridgehead atoms. The molecule has 0 spiro atoms. The lowest BCUT2D eigenvalue weighted by atomic mass is 10.1. The molecule has 2 aromatic rings. The summed E-state index contributed by atoms with van der Waals surface area (Å²) in [5.41, 5.74) is 6.95. The second-order valence-corrected chi connectivity index (χ2v) is 3.86. The van der Waals surface area contributed by atoms with E-state index in [-0.39, 0.29) is 6.04 Å². The van der Waals surface area contributed by atoms with Crippen LogP contribution in [-0.2, 0) is 0 Å². The number of nitrogens with zero attached hydrogens (tertiary/aromatic N) is 1. The zero-order valence-corrected chi connectivity index (χ0v) is 9.84. The summed E-state index contributed by atoms with van der Waals surface area (Å²) in [7, 11) is 0. The number of rotatable bonds is 4. The first-order chi connectivity index (χ1) is 8.29. The van der Waals surface area contributed by atoms with Crippen LogP contribution in [0.25, 0.3) is 0 Å². The van der Waals surface area contributed by atoms with E-state index >= 15 is 0 Å². The number of para-hydroxylation sites is 1. The monoisotopic (exact) mass is 228 g/mol. The van der Waals surface area contributed by atoms with Gasteiger partial charge in [-0.05, 0) is 24.1 Å². The van der Waals surface area contributed by atoms with Gasteiger partial charge in [-0.15, -0.1) is 0 Å². The molecule has 0 amide bonds. The van der Waals surface area contributed by atoms with Crippen LogP contribution in [0.1, 0.15) is 24.9 Å². The van der Waals surface area contributed by atoms with Gasteiger partial charge in [-0.3, -0.25) is 0 Å². The van der Waals surface area contributed by atoms with E-state index in [1.54, 1.807) is 6.20 Å². The SMILES string of the molecule is CC[C@H](N)c1ccc(Oc2ccccc2)nc1. The Hall–Kier alpha value is -1.87. The third-order valence-electron chi connectivity index (χ3n) is 2.59. The molecule has 0 saturated carbocycles. The third-order valence-corrected chi connectivity index (χ3v) is 2.59. The molecule has 0 saturated heterocycles. The van der Waals surface area contributed by atoms with E-state index in [0.717, 1.165) is 17.7 Å². The van der Waals surface area contributed by atoms with Crippen LogP contribution in [0.15, 0.2) is 48.7 Å². The standard InChI is InChI=1S/C14H16N2O/c1-2-13(15)11-8-9-14(16-10-11)17-12-6-4-3-5-7-12/h3-10,13H,2,15H2,1H3/t13-/m0/s1. The van der Waals surface area contributed by atoms with Gasteiger partial charge in [0.2, 0.25) is 5.88 Å². The molecule has 17 heavy (non-hydrogen) atoms. The number of hydrogen-bond donors (Lipinski definition) is 1. The van der Waals surface area contributed by atoms with Gasteiger partial charge in [0.05, 0.1) is 0 Å². The molecule has 1 heterocycles. The van der Waals surface area contributed by atoms with Crippen molar-refractivity contribution in [1.29, 1.82) is 0 Å². The van der Waals surface area contributed by atoms with Gasteiger partial charge in [0.25, 0.3) is 0 Å². The number of pyridine rings is 1. The van der Waals surface area contributed by atoms with E-state index in [1.165, 1.54) is 0 Å². The summed E-state index contributed by atoms with van der Waals surface area (Å²) in [5.74, 6) is 1.37. The maximum atomic E-state index is 5.92. The van der Waals surface area contributed by atoms with E-state index in [2.05, 4.69) is 11.9 Å². The Kier molecular flexibility index (Phi) is 3.73. The number of ether oxygens (including phenoxy) is 1. The maximum absolute atomic E-state index is 5.92. The summed E-state index contributed by atoms with van der Waals surface area (Å²) in [4.78, 5) is 4.24. The first kappa shape index (κ1) is 11.6. The lowest BCUT2D eigenvalue weighted by Gasteiger charge is -2.09. The molecule has 0 unspecified atom stereocenters. The second-order valence-electron chi connectivity index (χ2n) is 3.86. The van der Waals surface area contributed by atoms with Crippen molar-refractivity contribution in [1.82, 2.24) is 4.98 Å². The van der Waals surface area contributed by atoms with Crippen molar-refractivity contribution in [3.8, 4) is 11.6 Å². The predicted octanol–water partition coefficient (Wildman–Crippen LogP) is 3.28. The van der Waals surface area contributed by atoms with Crippen LogP contribution >= 0.6 is 0 Å². The van der Waals surface area contributed by atoms with Gasteiger partial charge in [-0.1, -0.05) is 31.2 Å². The van der Waals surface area contributed by atoms with Gasteiger partial charge in [0.1, 0.15) is 5.75 Å². The Bertz CT molecular complexity index is 453. The van der Waals surface area contributed by atoms with E-state index in [0.29, 0.717) is 5.88 Å². The Labute approximate surface area is 101 Å². The molecule has 2 rings (SSSR count). The Morgan fingerprint density at radius 1 is 1.18 bits per heavy atom. The minimum atomic E-state index is 0.0493. The van der Waals surface area contributed by atoms with Crippen molar-refractivity contribution in [2.75, 3.05) is 0 Å². The quantitative estimate of drug-likeness (QED) is 0.873. The smallest absolute Gasteiger partial charge is 0.219 e. The van der Waals surface area contributed by atoms with Crippen molar-refractivity contribution < 1.29 is 4.74 Å². The number of nitrogens with two attached hydrogens (primary N) is 1. The molecule has 2 N–H and O–H groups in total. The molecule has 88 valence electrons. The van der Waals surface area contributed by atoms with Gasteiger partial charge >= 0.3 is 0 Å². The third kappa shape index (κ3) is 3.04. The van der Waals surface area contributed by atoms with Crippen LogP contribution in [0.3, 0.4) is 0 Å². The number of hydrogen-bond acceptors (Lipinski definition) is 3. The van der Waals surface area contributed by atoms with Crippen LogP contribution in [0, 0.1) is 0 Å². The molecule has 0 aliphatic rings.